The summed E-state index contributed by atoms with van der Waals surface area (Å²) < 4.78 is 8.54. The Hall–Kier alpha value is -1.35. The normalized spacial score (nSPS) is 40.3. The monoisotopic (exact) mass is 317 g/mol. The van der Waals surface area contributed by atoms with Gasteiger partial charge in [-0.05, 0) is 60.1 Å². The van der Waals surface area contributed by atoms with E-state index in [4.69, 9.17) is 1.37 Å². The molecular formula is C20H28O3. The Bertz CT molecular complexity index is 681. The Morgan fingerprint density at radius 1 is 1.35 bits per heavy atom. The molecule has 0 amide bonds. The summed E-state index contributed by atoms with van der Waals surface area (Å²) in [5.74, 6) is -0.722. The molecular weight excluding hydrogens is 288 g/mol. The van der Waals surface area contributed by atoms with Gasteiger partial charge in [-0.15, -0.1) is 0 Å². The molecule has 0 bridgehead atoms. The van der Waals surface area contributed by atoms with Crippen LogP contribution in [0.4, 0.5) is 0 Å². The standard InChI is InChI=1S/C20H28O3/c1-12(2)13-6-7-15-14(10-13)16(21)11-17-19(15,3)8-5-9-20(17,4)18(22)23/h6-7,10,12,16-17,21H,5,8-9,11H2,1-4H3,(H,22,23)/t16-,17+,19+,20+/m0/s1/i16D. The molecule has 4 atom stereocenters. The second-order valence-corrected chi connectivity index (χ2v) is 8.16. The number of aliphatic carboxylic acids is 1. The van der Waals surface area contributed by atoms with Gasteiger partial charge in [0.15, 0.2) is 0 Å². The van der Waals surface area contributed by atoms with Gasteiger partial charge in [0.25, 0.3) is 0 Å². The average Bonchev–Trinajstić information content (AvgIpc) is 2.49. The van der Waals surface area contributed by atoms with Gasteiger partial charge in [-0.1, -0.05) is 45.4 Å². The third-order valence-electron chi connectivity index (χ3n) is 6.45. The molecule has 23 heavy (non-hydrogen) atoms. The van der Waals surface area contributed by atoms with Crippen LogP contribution in [0.25, 0.3) is 0 Å². The van der Waals surface area contributed by atoms with Crippen LogP contribution >= 0.6 is 0 Å². The molecule has 0 radical (unpaired) electrons. The van der Waals surface area contributed by atoms with Gasteiger partial charge in [-0.25, -0.2) is 0 Å². The Morgan fingerprint density at radius 2 is 2.04 bits per heavy atom. The van der Waals surface area contributed by atoms with Gasteiger partial charge >= 0.3 is 5.97 Å². The highest BCUT2D eigenvalue weighted by atomic mass is 16.4. The Balaban J connectivity index is 2.21. The fraction of sp³-hybridized carbons (Fsp3) is 0.650. The van der Waals surface area contributed by atoms with Crippen LogP contribution in [0.1, 0.15) is 83.4 Å². The lowest BCUT2D eigenvalue weighted by Gasteiger charge is -2.54. The number of carboxylic acids is 1. The first kappa shape index (κ1) is 15.2. The van der Waals surface area contributed by atoms with Crippen molar-refractivity contribution in [2.45, 2.75) is 70.8 Å². The van der Waals surface area contributed by atoms with Gasteiger partial charge in [0, 0.05) is 0 Å². The number of hydrogen-bond donors (Lipinski definition) is 2. The molecule has 2 N–H and O–H groups in total. The van der Waals surface area contributed by atoms with Crippen LogP contribution in [0.2, 0.25) is 0 Å². The predicted molar refractivity (Wildman–Crippen MR) is 90.5 cm³/mol. The minimum atomic E-state index is -1.72. The molecule has 1 aromatic carbocycles. The Morgan fingerprint density at radius 3 is 2.65 bits per heavy atom. The number of hydrogen-bond acceptors (Lipinski definition) is 2. The summed E-state index contributed by atoms with van der Waals surface area (Å²) in [5.41, 5.74) is 1.55. The Labute approximate surface area is 140 Å². The van der Waals surface area contributed by atoms with Crippen molar-refractivity contribution in [1.82, 2.24) is 0 Å². The number of fused-ring (bicyclic) bond motifs is 3. The number of benzene rings is 1. The zero-order valence-electron chi connectivity index (χ0n) is 15.5. The molecule has 0 heterocycles. The summed E-state index contributed by atoms with van der Waals surface area (Å²) in [7, 11) is 0. The third kappa shape index (κ3) is 2.32. The van der Waals surface area contributed by atoms with E-state index in [1.165, 1.54) is 0 Å². The first-order chi connectivity index (χ1) is 11.0. The first-order valence-electron chi connectivity index (χ1n) is 9.13. The van der Waals surface area contributed by atoms with Crippen molar-refractivity contribution in [2.24, 2.45) is 11.3 Å². The van der Waals surface area contributed by atoms with Crippen molar-refractivity contribution in [3.05, 3.63) is 34.9 Å². The maximum absolute atomic E-state index is 12.0. The van der Waals surface area contributed by atoms with Crippen LogP contribution in [-0.2, 0) is 10.2 Å². The highest BCUT2D eigenvalue weighted by Gasteiger charge is 2.56. The van der Waals surface area contributed by atoms with Gasteiger partial charge in [-0.3, -0.25) is 4.79 Å². The van der Waals surface area contributed by atoms with E-state index in [-0.39, 0.29) is 17.8 Å². The van der Waals surface area contributed by atoms with Crippen molar-refractivity contribution in [2.75, 3.05) is 0 Å². The molecule has 0 spiro atoms. The van der Waals surface area contributed by atoms with Crippen LogP contribution < -0.4 is 0 Å². The maximum Gasteiger partial charge on any atom is 0.309 e. The van der Waals surface area contributed by atoms with E-state index in [1.54, 1.807) is 6.92 Å². The largest absolute Gasteiger partial charge is 0.481 e. The summed E-state index contributed by atoms with van der Waals surface area (Å²) in [5, 5.41) is 20.7. The van der Waals surface area contributed by atoms with Gasteiger partial charge in [0.2, 0.25) is 0 Å². The first-order valence-corrected chi connectivity index (χ1v) is 8.63. The molecule has 1 aromatic rings. The van der Waals surface area contributed by atoms with E-state index in [1.807, 2.05) is 12.1 Å². The second kappa shape index (κ2) is 5.34. The summed E-state index contributed by atoms with van der Waals surface area (Å²) in [4.78, 5) is 12.0. The molecule has 1 saturated carbocycles. The van der Waals surface area contributed by atoms with E-state index in [9.17, 15) is 15.0 Å². The lowest BCUT2D eigenvalue weighted by molar-refractivity contribution is -0.159. The molecule has 3 rings (SSSR count). The van der Waals surface area contributed by atoms with Gasteiger partial charge in [-0.2, -0.15) is 0 Å². The molecule has 2 aliphatic rings. The van der Waals surface area contributed by atoms with Gasteiger partial charge < -0.3 is 10.2 Å². The fourth-order valence-corrected chi connectivity index (χ4v) is 4.86. The highest BCUT2D eigenvalue weighted by molar-refractivity contribution is 5.75. The predicted octanol–water partition coefficient (Wildman–Crippen LogP) is 4.40. The molecule has 3 heteroatoms. The Kier molecular flexibility index (Phi) is 3.53. The highest BCUT2D eigenvalue weighted by Crippen LogP contribution is 2.59. The van der Waals surface area contributed by atoms with E-state index < -0.39 is 17.5 Å². The van der Waals surface area contributed by atoms with E-state index in [2.05, 4.69) is 26.8 Å². The van der Waals surface area contributed by atoms with Crippen LogP contribution in [0, 0.1) is 11.3 Å². The van der Waals surface area contributed by atoms with Crippen molar-refractivity contribution in [1.29, 1.82) is 0 Å². The zero-order chi connectivity index (χ0) is 17.9. The molecule has 0 aromatic heterocycles. The summed E-state index contributed by atoms with van der Waals surface area (Å²) in [6.45, 7) is 8.11. The minimum absolute atomic E-state index is 0.181. The maximum atomic E-state index is 12.0. The lowest BCUT2D eigenvalue weighted by atomic mass is 9.49. The SMILES string of the molecule is [2H][C@]1(O)C[C@H]2[C@](C)(C(=O)O)CCC[C@]2(C)c2ccc(C(C)C)cc21. The van der Waals surface area contributed by atoms with E-state index in [0.717, 1.165) is 24.0 Å². The van der Waals surface area contributed by atoms with Crippen LogP contribution in [0.15, 0.2) is 18.2 Å². The fourth-order valence-electron chi connectivity index (χ4n) is 4.86. The minimum Gasteiger partial charge on any atom is -0.481 e. The van der Waals surface area contributed by atoms with Gasteiger partial charge in [0.05, 0.1) is 12.9 Å². The van der Waals surface area contributed by atoms with E-state index in [0.29, 0.717) is 17.9 Å². The molecule has 0 unspecified atom stereocenters. The van der Waals surface area contributed by atoms with Crippen LogP contribution in [-0.4, -0.2) is 16.2 Å². The summed E-state index contributed by atoms with van der Waals surface area (Å²) in [6.07, 6.45) is 0.833. The number of carboxylic acid groups (broad SMARTS) is 1. The van der Waals surface area contributed by atoms with Crippen molar-refractivity contribution in [3.8, 4) is 0 Å². The summed E-state index contributed by atoms with van der Waals surface area (Å²) >= 11 is 0. The van der Waals surface area contributed by atoms with Crippen LogP contribution in [0.5, 0.6) is 0 Å². The molecule has 126 valence electrons. The molecule has 0 aliphatic heterocycles. The number of rotatable bonds is 2. The van der Waals surface area contributed by atoms with E-state index >= 15 is 0 Å². The smallest absolute Gasteiger partial charge is 0.309 e. The van der Waals surface area contributed by atoms with Crippen LogP contribution in [0.3, 0.4) is 0 Å². The third-order valence-corrected chi connectivity index (χ3v) is 6.45. The average molecular weight is 317 g/mol. The molecule has 1 fully saturated rings. The van der Waals surface area contributed by atoms with Crippen molar-refractivity contribution < 1.29 is 16.4 Å². The molecule has 2 aliphatic carbocycles. The topological polar surface area (TPSA) is 57.5 Å². The number of carbonyl (C=O) groups is 1. The number of aliphatic hydroxyl groups is 1. The summed E-state index contributed by atoms with van der Waals surface area (Å²) in [6, 6.07) is 6.06. The second-order valence-electron chi connectivity index (χ2n) is 8.16. The quantitative estimate of drug-likeness (QED) is 0.850. The van der Waals surface area contributed by atoms with Crippen molar-refractivity contribution >= 4 is 5.97 Å². The van der Waals surface area contributed by atoms with Crippen molar-refractivity contribution in [3.63, 3.8) is 0 Å². The van der Waals surface area contributed by atoms with Gasteiger partial charge in [0.1, 0.15) is 0 Å². The lowest BCUT2D eigenvalue weighted by Crippen LogP contribution is -2.53. The molecule has 3 nitrogen and oxygen atoms in total. The molecule has 0 saturated heterocycles. The zero-order valence-corrected chi connectivity index (χ0v) is 14.5.